The van der Waals surface area contributed by atoms with Crippen LogP contribution in [-0.2, 0) is 0 Å². The van der Waals surface area contributed by atoms with E-state index in [0.717, 1.165) is 0 Å². The number of halogens is 1. The van der Waals surface area contributed by atoms with Crippen LogP contribution in [0.4, 0.5) is 4.39 Å². The molecule has 0 aliphatic heterocycles. The molecule has 1 aromatic carbocycles. The number of ether oxygens (including phenoxy) is 1. The van der Waals surface area contributed by atoms with Crippen molar-refractivity contribution in [2.24, 2.45) is 0 Å². The molecule has 1 atom stereocenters. The second kappa shape index (κ2) is 4.97. The molecule has 0 fully saturated rings. The second-order valence-corrected chi connectivity index (χ2v) is 3.65. The van der Waals surface area contributed by atoms with Gasteiger partial charge >= 0.3 is 0 Å². The van der Waals surface area contributed by atoms with Crippen molar-refractivity contribution >= 4 is 0 Å². The first-order chi connectivity index (χ1) is 8.19. The van der Waals surface area contributed by atoms with Crippen molar-refractivity contribution in [2.75, 3.05) is 7.05 Å². The molecule has 1 unspecified atom stereocenters. The van der Waals surface area contributed by atoms with Gasteiger partial charge in [-0.05, 0) is 32.2 Å². The summed E-state index contributed by atoms with van der Waals surface area (Å²) in [6.07, 6.45) is 3.21. The summed E-state index contributed by atoms with van der Waals surface area (Å²) in [6.45, 7) is 1.89. The van der Waals surface area contributed by atoms with Gasteiger partial charge in [0, 0.05) is 0 Å². The molecule has 17 heavy (non-hydrogen) atoms. The van der Waals surface area contributed by atoms with Crippen molar-refractivity contribution in [2.45, 2.75) is 13.2 Å². The first-order valence-electron chi connectivity index (χ1n) is 5.33. The van der Waals surface area contributed by atoms with E-state index in [1.165, 1.54) is 12.1 Å². The predicted molar refractivity (Wildman–Crippen MR) is 62.7 cm³/mol. The Morgan fingerprint density at radius 2 is 2.29 bits per heavy atom. The number of aromatic nitrogens is 2. The Hall–Kier alpha value is -1.88. The molecule has 0 amide bonds. The topological polar surface area (TPSA) is 39.1 Å². The van der Waals surface area contributed by atoms with E-state index in [9.17, 15) is 4.39 Å². The quantitative estimate of drug-likeness (QED) is 0.823. The number of benzene rings is 1. The van der Waals surface area contributed by atoms with Crippen LogP contribution in [-0.4, -0.2) is 23.1 Å². The van der Waals surface area contributed by atoms with Gasteiger partial charge in [0.2, 0.25) is 0 Å². The lowest BCUT2D eigenvalue weighted by molar-refractivity contribution is 0.193. The van der Waals surface area contributed by atoms with E-state index >= 15 is 0 Å². The number of nitrogens with zero attached hydrogens (tertiary/aromatic N) is 2. The summed E-state index contributed by atoms with van der Waals surface area (Å²) in [5.74, 6) is 0.347. The van der Waals surface area contributed by atoms with Gasteiger partial charge in [-0.15, -0.1) is 0 Å². The standard InChI is InChI=1S/C12H14FN3O/c1-9(14-2)17-12-7-15-16(8-12)11-5-3-4-10(13)6-11/h3-9,14H,1-2H3. The van der Waals surface area contributed by atoms with Gasteiger partial charge in [0.1, 0.15) is 12.0 Å². The van der Waals surface area contributed by atoms with Crippen LogP contribution in [0, 0.1) is 5.82 Å². The highest BCUT2D eigenvalue weighted by atomic mass is 19.1. The summed E-state index contributed by atoms with van der Waals surface area (Å²) in [4.78, 5) is 0. The minimum atomic E-state index is -0.288. The molecule has 1 heterocycles. The van der Waals surface area contributed by atoms with Crippen molar-refractivity contribution in [3.05, 3.63) is 42.5 Å². The van der Waals surface area contributed by atoms with E-state index in [0.29, 0.717) is 11.4 Å². The number of rotatable bonds is 4. The lowest BCUT2D eigenvalue weighted by Crippen LogP contribution is -2.27. The number of hydrogen-bond donors (Lipinski definition) is 1. The summed E-state index contributed by atoms with van der Waals surface area (Å²) in [7, 11) is 1.81. The van der Waals surface area contributed by atoms with Crippen LogP contribution in [0.1, 0.15) is 6.92 Å². The first-order valence-corrected chi connectivity index (χ1v) is 5.33. The maximum atomic E-state index is 13.0. The Morgan fingerprint density at radius 1 is 1.47 bits per heavy atom. The SMILES string of the molecule is CNC(C)Oc1cnn(-c2cccc(F)c2)c1. The highest BCUT2D eigenvalue weighted by molar-refractivity contribution is 5.32. The monoisotopic (exact) mass is 235 g/mol. The fourth-order valence-corrected chi connectivity index (χ4v) is 1.39. The van der Waals surface area contributed by atoms with E-state index < -0.39 is 0 Å². The molecule has 0 radical (unpaired) electrons. The zero-order valence-electron chi connectivity index (χ0n) is 9.72. The molecule has 1 N–H and O–H groups in total. The fourth-order valence-electron chi connectivity index (χ4n) is 1.39. The van der Waals surface area contributed by atoms with Crippen molar-refractivity contribution in [1.29, 1.82) is 0 Å². The van der Waals surface area contributed by atoms with Crippen LogP contribution in [0.3, 0.4) is 0 Å². The Bertz CT molecular complexity index is 498. The Balaban J connectivity index is 2.18. The first kappa shape index (κ1) is 11.6. The molecule has 0 aliphatic carbocycles. The highest BCUT2D eigenvalue weighted by Gasteiger charge is 2.05. The third-order valence-corrected chi connectivity index (χ3v) is 2.35. The van der Waals surface area contributed by atoms with Gasteiger partial charge in [-0.2, -0.15) is 5.10 Å². The Labute approximate surface area is 99.0 Å². The van der Waals surface area contributed by atoms with E-state index in [1.54, 1.807) is 29.2 Å². The summed E-state index contributed by atoms with van der Waals surface area (Å²) in [5.41, 5.74) is 0.664. The van der Waals surface area contributed by atoms with Crippen LogP contribution in [0.5, 0.6) is 5.75 Å². The average molecular weight is 235 g/mol. The highest BCUT2D eigenvalue weighted by Crippen LogP contribution is 2.15. The van der Waals surface area contributed by atoms with Crippen LogP contribution in [0.2, 0.25) is 0 Å². The fraction of sp³-hybridized carbons (Fsp3) is 0.250. The molecular formula is C12H14FN3O. The van der Waals surface area contributed by atoms with E-state index in [1.807, 2.05) is 14.0 Å². The van der Waals surface area contributed by atoms with Crippen molar-refractivity contribution in [3.63, 3.8) is 0 Å². The molecule has 4 nitrogen and oxygen atoms in total. The van der Waals surface area contributed by atoms with E-state index in [4.69, 9.17) is 4.74 Å². The van der Waals surface area contributed by atoms with Crippen LogP contribution < -0.4 is 10.1 Å². The van der Waals surface area contributed by atoms with Gasteiger partial charge in [0.05, 0.1) is 18.1 Å². The average Bonchev–Trinajstić information content (AvgIpc) is 2.77. The molecule has 0 bridgehead atoms. The molecule has 2 rings (SSSR count). The molecule has 0 aliphatic rings. The number of hydrogen-bond acceptors (Lipinski definition) is 3. The zero-order chi connectivity index (χ0) is 12.3. The summed E-state index contributed by atoms with van der Waals surface area (Å²) in [6, 6.07) is 6.23. The molecule has 2 aromatic rings. The normalized spacial score (nSPS) is 12.4. The zero-order valence-corrected chi connectivity index (χ0v) is 9.72. The molecule has 5 heteroatoms. The summed E-state index contributed by atoms with van der Waals surface area (Å²) < 4.78 is 20.1. The molecule has 90 valence electrons. The molecule has 1 aromatic heterocycles. The van der Waals surface area contributed by atoms with Gasteiger partial charge in [-0.25, -0.2) is 9.07 Å². The maximum absolute atomic E-state index is 13.0. The van der Waals surface area contributed by atoms with Crippen LogP contribution in [0.25, 0.3) is 5.69 Å². The largest absolute Gasteiger partial charge is 0.472 e. The van der Waals surface area contributed by atoms with Crippen LogP contribution in [0.15, 0.2) is 36.7 Å². The number of nitrogens with one attached hydrogen (secondary N) is 1. The van der Waals surface area contributed by atoms with Crippen LogP contribution >= 0.6 is 0 Å². The maximum Gasteiger partial charge on any atom is 0.160 e. The Morgan fingerprint density at radius 3 is 3.00 bits per heavy atom. The van der Waals surface area contributed by atoms with Gasteiger partial charge in [0.15, 0.2) is 5.75 Å². The molecule has 0 spiro atoms. The third-order valence-electron chi connectivity index (χ3n) is 2.35. The third kappa shape index (κ3) is 2.82. The molecule has 0 saturated carbocycles. The molecular weight excluding hydrogens is 221 g/mol. The van der Waals surface area contributed by atoms with Gasteiger partial charge in [-0.3, -0.25) is 5.32 Å². The predicted octanol–water partition coefficient (Wildman–Crippen LogP) is 1.96. The van der Waals surface area contributed by atoms with E-state index in [-0.39, 0.29) is 12.0 Å². The minimum absolute atomic E-state index is 0.0971. The second-order valence-electron chi connectivity index (χ2n) is 3.65. The van der Waals surface area contributed by atoms with Crippen molar-refractivity contribution in [1.82, 2.24) is 15.1 Å². The molecule has 0 saturated heterocycles. The smallest absolute Gasteiger partial charge is 0.160 e. The van der Waals surface area contributed by atoms with Gasteiger partial charge in [0.25, 0.3) is 0 Å². The van der Waals surface area contributed by atoms with Crippen molar-refractivity contribution < 1.29 is 9.13 Å². The van der Waals surface area contributed by atoms with Crippen molar-refractivity contribution in [3.8, 4) is 11.4 Å². The van der Waals surface area contributed by atoms with E-state index in [2.05, 4.69) is 10.4 Å². The summed E-state index contributed by atoms with van der Waals surface area (Å²) >= 11 is 0. The van der Waals surface area contributed by atoms with Gasteiger partial charge < -0.3 is 4.74 Å². The summed E-state index contributed by atoms with van der Waals surface area (Å²) in [5, 5.41) is 7.06. The lowest BCUT2D eigenvalue weighted by Gasteiger charge is -2.10. The Kier molecular flexibility index (Phi) is 3.39. The lowest BCUT2D eigenvalue weighted by atomic mass is 10.3. The van der Waals surface area contributed by atoms with Gasteiger partial charge in [-0.1, -0.05) is 6.07 Å². The minimum Gasteiger partial charge on any atom is -0.472 e.